The van der Waals surface area contributed by atoms with Crippen LogP contribution in [0.2, 0.25) is 0 Å². The quantitative estimate of drug-likeness (QED) is 0.723. The van der Waals surface area contributed by atoms with E-state index >= 15 is 0 Å². The van der Waals surface area contributed by atoms with Gasteiger partial charge in [-0.15, -0.1) is 0 Å². The van der Waals surface area contributed by atoms with Gasteiger partial charge in [0.1, 0.15) is 0 Å². The Morgan fingerprint density at radius 3 is 2.76 bits per heavy atom. The zero-order chi connectivity index (χ0) is 18.0. The Morgan fingerprint density at radius 2 is 2.08 bits per heavy atom. The van der Waals surface area contributed by atoms with Crippen LogP contribution in [0.15, 0.2) is 18.2 Å². The first-order valence-electron chi connectivity index (χ1n) is 8.78. The van der Waals surface area contributed by atoms with Gasteiger partial charge in [0.25, 0.3) is 0 Å². The molecule has 0 bridgehead atoms. The molecular weight excluding hydrogens is 316 g/mol. The van der Waals surface area contributed by atoms with Crippen molar-refractivity contribution in [2.24, 2.45) is 5.92 Å². The topological polar surface area (TPSA) is 79.2 Å². The van der Waals surface area contributed by atoms with Gasteiger partial charge in [-0.25, -0.2) is 0 Å². The molecule has 6 heteroatoms. The molecule has 2 aromatic rings. The summed E-state index contributed by atoms with van der Waals surface area (Å²) in [6.45, 7) is 7.29. The van der Waals surface area contributed by atoms with E-state index in [1.54, 1.807) is 0 Å². The number of anilines is 2. The van der Waals surface area contributed by atoms with Gasteiger partial charge in [-0.05, 0) is 51.3 Å². The number of carbonyl (C=O) groups is 1. The molecule has 1 aromatic heterocycles. The van der Waals surface area contributed by atoms with Gasteiger partial charge in [0, 0.05) is 35.1 Å². The van der Waals surface area contributed by atoms with Crippen molar-refractivity contribution in [3.05, 3.63) is 40.7 Å². The predicted octanol–water partition coefficient (Wildman–Crippen LogP) is 2.76. The third-order valence-electron chi connectivity index (χ3n) is 4.75. The Balaban J connectivity index is 1.71. The van der Waals surface area contributed by atoms with Gasteiger partial charge in [-0.3, -0.25) is 9.48 Å². The van der Waals surface area contributed by atoms with E-state index in [0.29, 0.717) is 13.1 Å². The molecule has 3 N–H and O–H groups in total. The minimum Gasteiger partial charge on any atom is -0.394 e. The number of nitrogens with zero attached hydrogens (tertiary/aromatic N) is 2. The van der Waals surface area contributed by atoms with Crippen LogP contribution < -0.4 is 10.6 Å². The number of carbonyl (C=O) groups excluding carboxylic acids is 1. The van der Waals surface area contributed by atoms with Gasteiger partial charge in [-0.2, -0.15) is 5.10 Å². The highest BCUT2D eigenvalue weighted by Crippen LogP contribution is 2.31. The normalized spacial score (nSPS) is 13.8. The number of aliphatic hydroxyl groups excluding tert-OH is 1. The monoisotopic (exact) mass is 342 g/mol. The second kappa shape index (κ2) is 7.27. The number of aliphatic hydroxyl groups is 1. The summed E-state index contributed by atoms with van der Waals surface area (Å²) in [6.07, 6.45) is 2.00. The molecule has 134 valence electrons. The largest absolute Gasteiger partial charge is 0.394 e. The molecule has 0 unspecified atom stereocenters. The van der Waals surface area contributed by atoms with Gasteiger partial charge in [0.05, 0.1) is 18.8 Å². The van der Waals surface area contributed by atoms with E-state index in [1.807, 2.05) is 43.7 Å². The van der Waals surface area contributed by atoms with E-state index in [-0.39, 0.29) is 18.4 Å². The van der Waals surface area contributed by atoms with Gasteiger partial charge in [0.15, 0.2) is 0 Å². The van der Waals surface area contributed by atoms with E-state index in [4.69, 9.17) is 5.11 Å². The first-order chi connectivity index (χ1) is 12.0. The second-order valence-corrected chi connectivity index (χ2v) is 6.74. The molecule has 6 nitrogen and oxygen atoms in total. The fourth-order valence-electron chi connectivity index (χ4n) is 2.97. The summed E-state index contributed by atoms with van der Waals surface area (Å²) < 4.78 is 1.84. The van der Waals surface area contributed by atoms with E-state index in [2.05, 4.69) is 15.7 Å². The summed E-state index contributed by atoms with van der Waals surface area (Å²) in [5, 5.41) is 20.0. The molecule has 0 saturated heterocycles. The fraction of sp³-hybridized carbons (Fsp3) is 0.474. The first kappa shape index (κ1) is 17.5. The third kappa shape index (κ3) is 4.02. The van der Waals surface area contributed by atoms with Crippen LogP contribution in [-0.2, 0) is 17.9 Å². The molecule has 1 amide bonds. The van der Waals surface area contributed by atoms with Crippen molar-refractivity contribution in [3.8, 4) is 0 Å². The number of nitrogens with one attached hydrogen (secondary N) is 2. The average Bonchev–Trinajstić information content (AvgIpc) is 3.38. The summed E-state index contributed by atoms with van der Waals surface area (Å²) >= 11 is 0. The third-order valence-corrected chi connectivity index (χ3v) is 4.75. The van der Waals surface area contributed by atoms with Crippen LogP contribution in [0.5, 0.6) is 0 Å². The lowest BCUT2D eigenvalue weighted by molar-refractivity contribution is -0.117. The highest BCUT2D eigenvalue weighted by molar-refractivity contribution is 5.94. The molecule has 0 aliphatic heterocycles. The molecule has 1 heterocycles. The molecule has 0 radical (unpaired) electrons. The fourth-order valence-corrected chi connectivity index (χ4v) is 2.97. The van der Waals surface area contributed by atoms with Crippen molar-refractivity contribution >= 4 is 17.3 Å². The van der Waals surface area contributed by atoms with Crippen molar-refractivity contribution in [1.82, 2.24) is 9.78 Å². The smallest absolute Gasteiger partial charge is 0.227 e. The summed E-state index contributed by atoms with van der Waals surface area (Å²) in [5.74, 6) is 0.312. The van der Waals surface area contributed by atoms with Crippen LogP contribution >= 0.6 is 0 Å². The van der Waals surface area contributed by atoms with Gasteiger partial charge in [-0.1, -0.05) is 6.07 Å². The van der Waals surface area contributed by atoms with Crippen LogP contribution in [0.4, 0.5) is 11.4 Å². The molecular formula is C19H26N4O2. The molecule has 1 fully saturated rings. The van der Waals surface area contributed by atoms with E-state index in [1.165, 1.54) is 0 Å². The summed E-state index contributed by atoms with van der Waals surface area (Å²) in [7, 11) is 0. The molecule has 1 aromatic carbocycles. The number of aromatic nitrogens is 2. The standard InChI is InChI=1S/C19H26N4O2/c1-12-4-7-16(21-19(25)15-5-6-15)10-18(12)20-11-17-13(2)22-23(8-9-24)14(17)3/h4,7,10,15,20,24H,5-6,8-9,11H2,1-3H3,(H,21,25). The van der Waals surface area contributed by atoms with Crippen LogP contribution in [-0.4, -0.2) is 27.4 Å². The zero-order valence-corrected chi connectivity index (χ0v) is 15.1. The van der Waals surface area contributed by atoms with Gasteiger partial charge >= 0.3 is 0 Å². The molecule has 1 saturated carbocycles. The summed E-state index contributed by atoms with van der Waals surface area (Å²) in [5.41, 5.74) is 6.13. The summed E-state index contributed by atoms with van der Waals surface area (Å²) in [4.78, 5) is 11.9. The number of aryl methyl sites for hydroxylation is 2. The SMILES string of the molecule is Cc1ccc(NC(=O)C2CC2)cc1NCc1c(C)nn(CCO)c1C. The van der Waals surface area contributed by atoms with E-state index < -0.39 is 0 Å². The Labute approximate surface area is 148 Å². The maximum absolute atomic E-state index is 11.9. The van der Waals surface area contributed by atoms with Crippen LogP contribution in [0.25, 0.3) is 0 Å². The minimum atomic E-state index is 0.0800. The molecule has 1 aliphatic carbocycles. The highest BCUT2D eigenvalue weighted by atomic mass is 16.3. The Hall–Kier alpha value is -2.34. The van der Waals surface area contributed by atoms with E-state index in [0.717, 1.165) is 46.7 Å². The molecule has 25 heavy (non-hydrogen) atoms. The van der Waals surface area contributed by atoms with Crippen LogP contribution in [0, 0.1) is 26.7 Å². The van der Waals surface area contributed by atoms with Gasteiger partial charge in [0.2, 0.25) is 5.91 Å². The van der Waals surface area contributed by atoms with E-state index in [9.17, 15) is 4.79 Å². The second-order valence-electron chi connectivity index (χ2n) is 6.74. The maximum atomic E-state index is 11.9. The van der Waals surface area contributed by atoms with Crippen LogP contribution in [0.3, 0.4) is 0 Å². The molecule has 1 aliphatic rings. The van der Waals surface area contributed by atoms with Crippen molar-refractivity contribution in [2.45, 2.75) is 46.7 Å². The lowest BCUT2D eigenvalue weighted by Gasteiger charge is -2.13. The van der Waals surface area contributed by atoms with Crippen LogP contribution in [0.1, 0.15) is 35.4 Å². The summed E-state index contributed by atoms with van der Waals surface area (Å²) in [6, 6.07) is 5.94. The van der Waals surface area contributed by atoms with Crippen molar-refractivity contribution in [3.63, 3.8) is 0 Å². The van der Waals surface area contributed by atoms with Crippen molar-refractivity contribution < 1.29 is 9.90 Å². The first-order valence-corrected chi connectivity index (χ1v) is 8.78. The Kier molecular flexibility index (Phi) is 5.08. The number of benzene rings is 1. The lowest BCUT2D eigenvalue weighted by atomic mass is 10.1. The zero-order valence-electron chi connectivity index (χ0n) is 15.1. The number of hydrogen-bond donors (Lipinski definition) is 3. The average molecular weight is 342 g/mol. The molecule has 3 rings (SSSR count). The van der Waals surface area contributed by atoms with Crippen molar-refractivity contribution in [2.75, 3.05) is 17.2 Å². The lowest BCUT2D eigenvalue weighted by Crippen LogP contribution is -2.13. The number of hydrogen-bond acceptors (Lipinski definition) is 4. The number of rotatable bonds is 7. The Morgan fingerprint density at radius 1 is 1.32 bits per heavy atom. The molecule has 0 spiro atoms. The van der Waals surface area contributed by atoms with Gasteiger partial charge < -0.3 is 15.7 Å². The minimum absolute atomic E-state index is 0.0800. The maximum Gasteiger partial charge on any atom is 0.227 e. The predicted molar refractivity (Wildman–Crippen MR) is 98.6 cm³/mol. The Bertz CT molecular complexity index is 778. The van der Waals surface area contributed by atoms with Crippen molar-refractivity contribution in [1.29, 1.82) is 0 Å². The highest BCUT2D eigenvalue weighted by Gasteiger charge is 2.29. The molecule has 0 atom stereocenters. The number of amides is 1.